The maximum Gasteiger partial charge on any atom is 0.124 e. The van der Waals surface area contributed by atoms with E-state index in [1.807, 2.05) is 12.1 Å². The molecule has 3 heteroatoms. The first kappa shape index (κ1) is 13.9. The molecule has 2 unspecified atom stereocenters. The van der Waals surface area contributed by atoms with E-state index in [9.17, 15) is 5.11 Å². The summed E-state index contributed by atoms with van der Waals surface area (Å²) in [6.07, 6.45) is 4.91. The van der Waals surface area contributed by atoms with Crippen molar-refractivity contribution in [1.29, 1.82) is 0 Å². The van der Waals surface area contributed by atoms with E-state index in [0.717, 1.165) is 35.9 Å². The van der Waals surface area contributed by atoms with Crippen molar-refractivity contribution in [2.75, 3.05) is 0 Å². The summed E-state index contributed by atoms with van der Waals surface area (Å²) >= 11 is 3.56. The lowest BCUT2D eigenvalue weighted by molar-refractivity contribution is 0.0319. The molecule has 0 aliphatic heterocycles. The monoisotopic (exact) mass is 312 g/mol. The first-order chi connectivity index (χ1) is 8.58. The summed E-state index contributed by atoms with van der Waals surface area (Å²) in [5.41, 5.74) is 2.35. The number of benzene rings is 1. The van der Waals surface area contributed by atoms with Crippen LogP contribution in [0.15, 0.2) is 16.6 Å². The van der Waals surface area contributed by atoms with Gasteiger partial charge in [0.15, 0.2) is 0 Å². The van der Waals surface area contributed by atoms with Crippen LogP contribution in [0.4, 0.5) is 0 Å². The fourth-order valence-electron chi connectivity index (χ4n) is 2.54. The Morgan fingerprint density at radius 2 is 1.72 bits per heavy atom. The van der Waals surface area contributed by atoms with Gasteiger partial charge in [-0.25, -0.2) is 0 Å². The average Bonchev–Trinajstić information content (AvgIpc) is 2.52. The zero-order valence-corrected chi connectivity index (χ0v) is 12.7. The maximum absolute atomic E-state index is 10.1. The lowest BCUT2D eigenvalue weighted by Crippen LogP contribution is -2.30. The van der Waals surface area contributed by atoms with Gasteiger partial charge in [-0.1, -0.05) is 28.8 Å². The average molecular weight is 313 g/mol. The minimum Gasteiger partial charge on any atom is -0.488 e. The van der Waals surface area contributed by atoms with Gasteiger partial charge in [-0.05, 0) is 56.4 Å². The maximum atomic E-state index is 10.1. The third-order valence-corrected chi connectivity index (χ3v) is 4.87. The molecule has 2 nitrogen and oxygen atoms in total. The minimum atomic E-state index is -0.322. The van der Waals surface area contributed by atoms with Crippen LogP contribution in [-0.4, -0.2) is 17.3 Å². The molecule has 1 fully saturated rings. The zero-order chi connectivity index (χ0) is 13.1. The Kier molecular flexibility index (Phi) is 4.68. The number of hydrogen-bond acceptors (Lipinski definition) is 2. The van der Waals surface area contributed by atoms with Crippen molar-refractivity contribution in [2.24, 2.45) is 0 Å². The Bertz CT molecular complexity index is 394. The molecule has 0 aromatic heterocycles. The first-order valence-corrected chi connectivity index (χ1v) is 7.48. The number of halogens is 1. The number of hydrogen-bond donors (Lipinski definition) is 1. The second-order valence-corrected chi connectivity index (χ2v) is 6.03. The quantitative estimate of drug-likeness (QED) is 0.832. The molecule has 0 heterocycles. The standard InChI is InChI=1S/C15H21BrO2/c1-10-8-12(9-11(2)15(10)16)18-14-7-5-3-4-6-13(14)17/h8-9,13-14,17H,3-7H2,1-2H3. The predicted octanol–water partition coefficient (Wildman–Crippen LogP) is 4.14. The van der Waals surface area contributed by atoms with E-state index in [1.54, 1.807) is 0 Å². The third-order valence-electron chi connectivity index (χ3n) is 3.62. The van der Waals surface area contributed by atoms with Crippen molar-refractivity contribution in [2.45, 2.75) is 58.2 Å². The molecule has 100 valence electrons. The van der Waals surface area contributed by atoms with Crippen molar-refractivity contribution in [3.05, 3.63) is 27.7 Å². The third kappa shape index (κ3) is 3.27. The molecule has 18 heavy (non-hydrogen) atoms. The van der Waals surface area contributed by atoms with Gasteiger partial charge in [0, 0.05) is 4.47 Å². The smallest absolute Gasteiger partial charge is 0.124 e. The van der Waals surface area contributed by atoms with Gasteiger partial charge in [-0.3, -0.25) is 0 Å². The number of aliphatic hydroxyl groups excluding tert-OH is 1. The van der Waals surface area contributed by atoms with Crippen molar-refractivity contribution in [3.63, 3.8) is 0 Å². The molecule has 2 atom stereocenters. The lowest BCUT2D eigenvalue weighted by Gasteiger charge is -2.22. The molecule has 2 rings (SSSR count). The molecule has 1 aromatic rings. The second-order valence-electron chi connectivity index (χ2n) is 5.23. The van der Waals surface area contributed by atoms with E-state index in [-0.39, 0.29) is 12.2 Å². The van der Waals surface area contributed by atoms with E-state index in [1.165, 1.54) is 17.5 Å². The molecule has 1 aliphatic carbocycles. The summed E-state index contributed by atoms with van der Waals surface area (Å²) in [7, 11) is 0. The minimum absolute atomic E-state index is 0.0486. The Hall–Kier alpha value is -0.540. The van der Waals surface area contributed by atoms with Gasteiger partial charge in [0.1, 0.15) is 11.9 Å². The number of rotatable bonds is 2. The molecule has 1 saturated carbocycles. The Morgan fingerprint density at radius 1 is 1.11 bits per heavy atom. The van der Waals surface area contributed by atoms with Gasteiger partial charge >= 0.3 is 0 Å². The highest BCUT2D eigenvalue weighted by molar-refractivity contribution is 9.10. The number of aryl methyl sites for hydroxylation is 2. The van der Waals surface area contributed by atoms with Crippen LogP contribution in [-0.2, 0) is 0 Å². The van der Waals surface area contributed by atoms with E-state index in [0.29, 0.717) is 0 Å². The van der Waals surface area contributed by atoms with Crippen molar-refractivity contribution >= 4 is 15.9 Å². The van der Waals surface area contributed by atoms with Crippen LogP contribution in [0.2, 0.25) is 0 Å². The van der Waals surface area contributed by atoms with E-state index in [4.69, 9.17) is 4.74 Å². The SMILES string of the molecule is Cc1cc(OC2CCCCCC2O)cc(C)c1Br. The van der Waals surface area contributed by atoms with Gasteiger partial charge in [-0.2, -0.15) is 0 Å². The van der Waals surface area contributed by atoms with Gasteiger partial charge in [0.2, 0.25) is 0 Å². The van der Waals surface area contributed by atoms with Crippen LogP contribution in [0.3, 0.4) is 0 Å². The molecule has 0 radical (unpaired) electrons. The van der Waals surface area contributed by atoms with Crippen molar-refractivity contribution < 1.29 is 9.84 Å². The molecule has 0 bridgehead atoms. The largest absolute Gasteiger partial charge is 0.488 e. The van der Waals surface area contributed by atoms with Crippen LogP contribution in [0.1, 0.15) is 43.2 Å². The van der Waals surface area contributed by atoms with Crippen LogP contribution >= 0.6 is 15.9 Å². The fraction of sp³-hybridized carbons (Fsp3) is 0.600. The molecule has 1 aromatic carbocycles. The van der Waals surface area contributed by atoms with Gasteiger partial charge < -0.3 is 9.84 Å². The highest BCUT2D eigenvalue weighted by Crippen LogP contribution is 2.29. The first-order valence-electron chi connectivity index (χ1n) is 6.69. The van der Waals surface area contributed by atoms with Gasteiger partial charge in [0.05, 0.1) is 6.10 Å². The summed E-state index contributed by atoms with van der Waals surface area (Å²) in [6.45, 7) is 4.13. The summed E-state index contributed by atoms with van der Waals surface area (Å²) in [6, 6.07) is 4.07. The highest BCUT2D eigenvalue weighted by atomic mass is 79.9. The topological polar surface area (TPSA) is 29.5 Å². The van der Waals surface area contributed by atoms with Crippen LogP contribution in [0.25, 0.3) is 0 Å². The molecular formula is C15H21BrO2. The van der Waals surface area contributed by atoms with Crippen molar-refractivity contribution in [3.8, 4) is 5.75 Å². The Labute approximate surface area is 117 Å². The van der Waals surface area contributed by atoms with Gasteiger partial charge in [-0.15, -0.1) is 0 Å². The molecular weight excluding hydrogens is 292 g/mol. The molecule has 0 amide bonds. The summed E-state index contributed by atoms with van der Waals surface area (Å²) in [5.74, 6) is 0.874. The van der Waals surface area contributed by atoms with E-state index in [2.05, 4.69) is 29.8 Å². The number of aliphatic hydroxyl groups is 1. The second kappa shape index (κ2) is 6.07. The molecule has 0 saturated heterocycles. The summed E-state index contributed by atoms with van der Waals surface area (Å²) < 4.78 is 7.13. The van der Waals surface area contributed by atoms with E-state index >= 15 is 0 Å². The predicted molar refractivity (Wildman–Crippen MR) is 77.1 cm³/mol. The van der Waals surface area contributed by atoms with Gasteiger partial charge in [0.25, 0.3) is 0 Å². The zero-order valence-electron chi connectivity index (χ0n) is 11.1. The van der Waals surface area contributed by atoms with Crippen LogP contribution < -0.4 is 4.74 Å². The molecule has 1 aliphatic rings. The molecule has 1 N–H and O–H groups in total. The Balaban J connectivity index is 2.12. The van der Waals surface area contributed by atoms with Crippen LogP contribution in [0.5, 0.6) is 5.75 Å². The van der Waals surface area contributed by atoms with E-state index < -0.39 is 0 Å². The fourth-order valence-corrected chi connectivity index (χ4v) is 2.77. The molecule has 0 spiro atoms. The number of ether oxygens (including phenoxy) is 1. The highest BCUT2D eigenvalue weighted by Gasteiger charge is 2.23. The van der Waals surface area contributed by atoms with Crippen molar-refractivity contribution in [1.82, 2.24) is 0 Å². The normalized spacial score (nSPS) is 24.7. The summed E-state index contributed by atoms with van der Waals surface area (Å²) in [5, 5.41) is 10.1. The lowest BCUT2D eigenvalue weighted by atomic mass is 10.1. The Morgan fingerprint density at radius 3 is 2.39 bits per heavy atom. The summed E-state index contributed by atoms with van der Waals surface area (Å²) in [4.78, 5) is 0. The van der Waals surface area contributed by atoms with Crippen LogP contribution in [0, 0.1) is 13.8 Å².